The van der Waals surface area contributed by atoms with E-state index in [1.54, 1.807) is 37.3 Å². The molecule has 0 saturated carbocycles. The van der Waals surface area contributed by atoms with Crippen LogP contribution >= 0.6 is 23.2 Å². The Bertz CT molecular complexity index is 1010. The number of amides is 1. The van der Waals surface area contributed by atoms with Gasteiger partial charge >= 0.3 is 0 Å². The zero-order chi connectivity index (χ0) is 22.5. The van der Waals surface area contributed by atoms with Crippen molar-refractivity contribution >= 4 is 44.8 Å². The number of ether oxygens (including phenoxy) is 1. The van der Waals surface area contributed by atoms with Gasteiger partial charge in [0.05, 0.1) is 18.5 Å². The van der Waals surface area contributed by atoms with E-state index < -0.39 is 22.0 Å². The van der Waals surface area contributed by atoms with Gasteiger partial charge < -0.3 is 10.1 Å². The van der Waals surface area contributed by atoms with Crippen molar-refractivity contribution in [2.24, 2.45) is 0 Å². The van der Waals surface area contributed by atoms with Crippen LogP contribution in [0.5, 0.6) is 5.75 Å². The van der Waals surface area contributed by atoms with Gasteiger partial charge in [-0.3, -0.25) is 9.10 Å². The smallest absolute Gasteiger partial charge is 0.244 e. The highest BCUT2D eigenvalue weighted by molar-refractivity contribution is 7.92. The van der Waals surface area contributed by atoms with Gasteiger partial charge in [0.25, 0.3) is 0 Å². The number of hydrogen-bond donors (Lipinski definition) is 1. The minimum atomic E-state index is -3.72. The van der Waals surface area contributed by atoms with Crippen LogP contribution in [0.1, 0.15) is 24.5 Å². The molecule has 164 valence electrons. The van der Waals surface area contributed by atoms with Gasteiger partial charge in [0.15, 0.2) is 0 Å². The minimum Gasteiger partial charge on any atom is -0.492 e. The SMILES string of the molecule is CCC(C(=O)NCCOc1ccc(C)c(Cl)c1)N(c1ccc(C)c(Cl)c1)S(C)(=O)=O. The first-order chi connectivity index (χ1) is 14.0. The molecule has 1 atom stereocenters. The maximum absolute atomic E-state index is 12.8. The van der Waals surface area contributed by atoms with Crippen LogP contribution in [0.25, 0.3) is 0 Å². The Labute approximate surface area is 188 Å². The summed E-state index contributed by atoms with van der Waals surface area (Å²) in [5.74, 6) is 0.184. The average Bonchev–Trinajstić information content (AvgIpc) is 2.67. The van der Waals surface area contributed by atoms with E-state index >= 15 is 0 Å². The lowest BCUT2D eigenvalue weighted by molar-refractivity contribution is -0.122. The summed E-state index contributed by atoms with van der Waals surface area (Å²) in [5, 5.41) is 3.77. The fourth-order valence-corrected chi connectivity index (χ4v) is 4.45. The van der Waals surface area contributed by atoms with Crippen LogP contribution in [0.15, 0.2) is 36.4 Å². The first kappa shape index (κ1) is 24.3. The number of anilines is 1. The van der Waals surface area contributed by atoms with Crippen LogP contribution in [0.3, 0.4) is 0 Å². The van der Waals surface area contributed by atoms with E-state index in [1.165, 1.54) is 0 Å². The van der Waals surface area contributed by atoms with Gasteiger partial charge in [-0.25, -0.2) is 8.42 Å². The number of hydrogen-bond acceptors (Lipinski definition) is 4. The summed E-state index contributed by atoms with van der Waals surface area (Å²) >= 11 is 12.2. The third-order valence-electron chi connectivity index (χ3n) is 4.55. The second kappa shape index (κ2) is 10.4. The molecule has 0 aliphatic heterocycles. The summed E-state index contributed by atoms with van der Waals surface area (Å²) in [7, 11) is -3.72. The van der Waals surface area contributed by atoms with Crippen LogP contribution in [-0.4, -0.2) is 39.8 Å². The van der Waals surface area contributed by atoms with Gasteiger partial charge in [-0.05, 0) is 55.7 Å². The third-order valence-corrected chi connectivity index (χ3v) is 6.55. The summed E-state index contributed by atoms with van der Waals surface area (Å²) in [6, 6.07) is 9.36. The van der Waals surface area contributed by atoms with Gasteiger partial charge in [0.1, 0.15) is 18.4 Å². The molecule has 1 unspecified atom stereocenters. The number of carbonyl (C=O) groups is 1. The van der Waals surface area contributed by atoms with Gasteiger partial charge in [0.2, 0.25) is 15.9 Å². The van der Waals surface area contributed by atoms with Crippen LogP contribution in [0, 0.1) is 13.8 Å². The third kappa shape index (κ3) is 6.27. The molecule has 0 saturated heterocycles. The number of benzene rings is 2. The molecule has 0 heterocycles. The van der Waals surface area contributed by atoms with Gasteiger partial charge in [-0.1, -0.05) is 42.3 Å². The Balaban J connectivity index is 2.07. The average molecular weight is 473 g/mol. The van der Waals surface area contributed by atoms with E-state index in [1.807, 2.05) is 19.9 Å². The van der Waals surface area contributed by atoms with Gasteiger partial charge in [-0.15, -0.1) is 0 Å². The monoisotopic (exact) mass is 472 g/mol. The Kier molecular flexibility index (Phi) is 8.41. The number of aryl methyl sites for hydroxylation is 2. The molecule has 30 heavy (non-hydrogen) atoms. The van der Waals surface area contributed by atoms with Crippen molar-refractivity contribution < 1.29 is 17.9 Å². The summed E-state index contributed by atoms with van der Waals surface area (Å²) in [4.78, 5) is 12.8. The second-order valence-electron chi connectivity index (χ2n) is 6.97. The second-order valence-corrected chi connectivity index (χ2v) is 9.64. The topological polar surface area (TPSA) is 75.7 Å². The fourth-order valence-electron chi connectivity index (χ4n) is 2.90. The van der Waals surface area contributed by atoms with Crippen molar-refractivity contribution in [2.45, 2.75) is 33.2 Å². The lowest BCUT2D eigenvalue weighted by Crippen LogP contribution is -2.50. The number of sulfonamides is 1. The molecule has 0 aromatic heterocycles. The predicted molar refractivity (Wildman–Crippen MR) is 122 cm³/mol. The summed E-state index contributed by atoms with van der Waals surface area (Å²) in [6.07, 6.45) is 1.36. The van der Waals surface area contributed by atoms with E-state index in [4.69, 9.17) is 27.9 Å². The molecule has 1 N–H and O–H groups in total. The Morgan fingerprint density at radius 1 is 1.10 bits per heavy atom. The zero-order valence-electron chi connectivity index (χ0n) is 17.4. The van der Waals surface area contributed by atoms with E-state index in [2.05, 4.69) is 5.32 Å². The molecule has 2 rings (SSSR count). The maximum Gasteiger partial charge on any atom is 0.244 e. The molecular formula is C21H26Cl2N2O4S. The van der Waals surface area contributed by atoms with E-state index in [-0.39, 0.29) is 13.2 Å². The Hall–Kier alpha value is -1.96. The van der Waals surface area contributed by atoms with Crippen molar-refractivity contribution in [3.05, 3.63) is 57.6 Å². The lowest BCUT2D eigenvalue weighted by atomic mass is 10.1. The summed E-state index contributed by atoms with van der Waals surface area (Å²) in [5.41, 5.74) is 2.11. The van der Waals surface area contributed by atoms with Crippen molar-refractivity contribution in [3.8, 4) is 5.75 Å². The van der Waals surface area contributed by atoms with Crippen LogP contribution in [0.4, 0.5) is 5.69 Å². The minimum absolute atomic E-state index is 0.215. The molecule has 0 fully saturated rings. The lowest BCUT2D eigenvalue weighted by Gasteiger charge is -2.30. The molecular weight excluding hydrogens is 447 g/mol. The van der Waals surface area contributed by atoms with Gasteiger partial charge in [0, 0.05) is 10.0 Å². The molecule has 0 aliphatic rings. The first-order valence-electron chi connectivity index (χ1n) is 9.46. The molecule has 0 spiro atoms. The molecule has 0 bridgehead atoms. The number of rotatable bonds is 9. The molecule has 1 amide bonds. The Morgan fingerprint density at radius 2 is 1.70 bits per heavy atom. The number of nitrogens with one attached hydrogen (secondary N) is 1. The normalized spacial score (nSPS) is 12.3. The quantitative estimate of drug-likeness (QED) is 0.550. The van der Waals surface area contributed by atoms with Crippen LogP contribution in [-0.2, 0) is 14.8 Å². The fraction of sp³-hybridized carbons (Fsp3) is 0.381. The summed E-state index contributed by atoms with van der Waals surface area (Å²) < 4.78 is 31.6. The van der Waals surface area contributed by atoms with Crippen molar-refractivity contribution in [1.82, 2.24) is 5.32 Å². The molecule has 0 aliphatic carbocycles. The van der Waals surface area contributed by atoms with Crippen LogP contribution < -0.4 is 14.4 Å². The highest BCUT2D eigenvalue weighted by atomic mass is 35.5. The first-order valence-corrected chi connectivity index (χ1v) is 12.1. The highest BCUT2D eigenvalue weighted by Crippen LogP contribution is 2.27. The Morgan fingerprint density at radius 3 is 2.23 bits per heavy atom. The van der Waals surface area contributed by atoms with Gasteiger partial charge in [-0.2, -0.15) is 0 Å². The number of halogens is 2. The highest BCUT2D eigenvalue weighted by Gasteiger charge is 2.31. The number of carbonyl (C=O) groups excluding carboxylic acids is 1. The van der Waals surface area contributed by atoms with Crippen molar-refractivity contribution in [1.29, 1.82) is 0 Å². The zero-order valence-corrected chi connectivity index (χ0v) is 19.7. The number of nitrogens with zero attached hydrogens (tertiary/aromatic N) is 1. The van der Waals surface area contributed by atoms with E-state index in [0.29, 0.717) is 27.9 Å². The van der Waals surface area contributed by atoms with Crippen molar-refractivity contribution in [3.63, 3.8) is 0 Å². The van der Waals surface area contributed by atoms with Crippen LogP contribution in [0.2, 0.25) is 10.0 Å². The largest absolute Gasteiger partial charge is 0.492 e. The standard InChI is InChI=1S/C21H26Cl2N2O4S/c1-5-20(25(30(4,27)28)16-8-6-14(2)18(22)12-16)21(26)24-10-11-29-17-9-7-15(3)19(23)13-17/h6-9,12-13,20H,5,10-11H2,1-4H3,(H,24,26). The van der Waals surface area contributed by atoms with E-state index in [9.17, 15) is 13.2 Å². The predicted octanol–water partition coefficient (Wildman–Crippen LogP) is 4.35. The molecule has 2 aromatic rings. The molecule has 2 aromatic carbocycles. The van der Waals surface area contributed by atoms with Crippen molar-refractivity contribution in [2.75, 3.05) is 23.7 Å². The summed E-state index contributed by atoms with van der Waals surface area (Å²) in [6.45, 7) is 5.90. The molecule has 0 radical (unpaired) electrons. The van der Waals surface area contributed by atoms with E-state index in [0.717, 1.165) is 21.7 Å². The molecule has 9 heteroatoms. The molecule has 6 nitrogen and oxygen atoms in total. The maximum atomic E-state index is 12.8.